The molecule has 0 amide bonds. The van der Waals surface area contributed by atoms with Crippen molar-refractivity contribution in [2.45, 2.75) is 23.9 Å². The number of benzene rings is 2. The zero-order valence-electron chi connectivity index (χ0n) is 13.5. The number of aromatic amines is 1. The molecule has 8 heteroatoms. The maximum absolute atomic E-state index is 13.1. The molecule has 1 aromatic heterocycles. The van der Waals surface area contributed by atoms with E-state index in [0.717, 1.165) is 30.9 Å². The van der Waals surface area contributed by atoms with Crippen LogP contribution in [0.2, 0.25) is 0 Å². The molecule has 0 spiro atoms. The molecule has 1 aliphatic heterocycles. The predicted molar refractivity (Wildman–Crippen MR) is 100 cm³/mol. The van der Waals surface area contributed by atoms with Gasteiger partial charge in [0.2, 0.25) is 10.0 Å². The molecule has 134 valence electrons. The Morgan fingerprint density at radius 1 is 1.15 bits per heavy atom. The Labute approximate surface area is 158 Å². The van der Waals surface area contributed by atoms with E-state index in [-0.39, 0.29) is 17.9 Å². The molecule has 0 radical (unpaired) electrons. The van der Waals surface area contributed by atoms with E-state index in [1.807, 2.05) is 24.3 Å². The number of para-hydroxylation sites is 1. The second kappa shape index (κ2) is 6.22. The third kappa shape index (κ3) is 2.74. The highest BCUT2D eigenvalue weighted by Crippen LogP contribution is 2.33. The molecule has 1 unspecified atom stereocenters. The first kappa shape index (κ1) is 17.3. The molecule has 0 bridgehead atoms. The molecule has 1 aliphatic rings. The average Bonchev–Trinajstić information content (AvgIpc) is 2.98. The summed E-state index contributed by atoms with van der Waals surface area (Å²) >= 11 is 3.28. The fourth-order valence-electron chi connectivity index (χ4n) is 3.39. The molecule has 0 fully saturated rings. The third-order valence-corrected chi connectivity index (χ3v) is 7.06. The minimum absolute atomic E-state index is 0.000618. The van der Waals surface area contributed by atoms with Gasteiger partial charge in [0.1, 0.15) is 6.04 Å². The van der Waals surface area contributed by atoms with Crippen molar-refractivity contribution in [3.63, 3.8) is 0 Å². The van der Waals surface area contributed by atoms with Gasteiger partial charge in [0.25, 0.3) is 0 Å². The maximum atomic E-state index is 13.1. The minimum atomic E-state index is -3.94. The number of carboxylic acid groups (broad SMARTS) is 1. The van der Waals surface area contributed by atoms with Crippen LogP contribution in [0.15, 0.2) is 57.9 Å². The number of carboxylic acids is 1. The molecule has 2 heterocycles. The molecule has 26 heavy (non-hydrogen) atoms. The Balaban J connectivity index is 1.82. The Hall–Kier alpha value is -2.16. The van der Waals surface area contributed by atoms with Gasteiger partial charge in [0.05, 0.1) is 11.4 Å². The van der Waals surface area contributed by atoms with Crippen LogP contribution >= 0.6 is 15.9 Å². The van der Waals surface area contributed by atoms with Crippen LogP contribution < -0.4 is 0 Å². The molecule has 4 rings (SSSR count). The Morgan fingerprint density at radius 3 is 2.54 bits per heavy atom. The average molecular weight is 435 g/mol. The predicted octanol–water partition coefficient (Wildman–Crippen LogP) is 3.13. The smallest absolute Gasteiger partial charge is 0.322 e. The van der Waals surface area contributed by atoms with Crippen molar-refractivity contribution in [2.75, 3.05) is 0 Å². The summed E-state index contributed by atoms with van der Waals surface area (Å²) in [6.07, 6.45) is 0.129. The van der Waals surface area contributed by atoms with Crippen LogP contribution in [0.1, 0.15) is 11.3 Å². The quantitative estimate of drug-likeness (QED) is 0.662. The number of aromatic nitrogens is 1. The lowest BCUT2D eigenvalue weighted by Gasteiger charge is -2.32. The van der Waals surface area contributed by atoms with Crippen molar-refractivity contribution < 1.29 is 18.3 Å². The number of hydrogen-bond acceptors (Lipinski definition) is 3. The molecule has 3 aromatic rings. The number of H-pyrrole nitrogens is 1. The van der Waals surface area contributed by atoms with E-state index in [4.69, 9.17) is 0 Å². The van der Waals surface area contributed by atoms with Gasteiger partial charge in [-0.2, -0.15) is 4.31 Å². The van der Waals surface area contributed by atoms with Crippen molar-refractivity contribution in [1.29, 1.82) is 0 Å². The fourth-order valence-corrected chi connectivity index (χ4v) is 5.20. The summed E-state index contributed by atoms with van der Waals surface area (Å²) in [5.41, 5.74) is 2.49. The lowest BCUT2D eigenvalue weighted by atomic mass is 9.99. The number of hydrogen-bond donors (Lipinski definition) is 2. The van der Waals surface area contributed by atoms with E-state index in [0.29, 0.717) is 0 Å². The third-order valence-electron chi connectivity index (χ3n) is 4.67. The Kier molecular flexibility index (Phi) is 4.13. The van der Waals surface area contributed by atoms with Gasteiger partial charge in [-0.05, 0) is 35.9 Å². The summed E-state index contributed by atoms with van der Waals surface area (Å²) in [6.45, 7) is -0.000618. The molecule has 1 atom stereocenters. The highest BCUT2D eigenvalue weighted by atomic mass is 79.9. The van der Waals surface area contributed by atoms with Gasteiger partial charge in [0, 0.05) is 27.5 Å². The molecule has 0 saturated heterocycles. The van der Waals surface area contributed by atoms with Crippen molar-refractivity contribution in [3.05, 3.63) is 64.3 Å². The van der Waals surface area contributed by atoms with E-state index < -0.39 is 22.0 Å². The van der Waals surface area contributed by atoms with Crippen LogP contribution in [0.3, 0.4) is 0 Å². The van der Waals surface area contributed by atoms with Crippen LogP contribution in [0, 0.1) is 0 Å². The van der Waals surface area contributed by atoms with E-state index in [1.165, 1.54) is 12.1 Å². The van der Waals surface area contributed by atoms with E-state index in [9.17, 15) is 18.3 Å². The van der Waals surface area contributed by atoms with Gasteiger partial charge >= 0.3 is 5.97 Å². The minimum Gasteiger partial charge on any atom is -0.480 e. The number of rotatable bonds is 3. The van der Waals surface area contributed by atoms with Gasteiger partial charge < -0.3 is 10.1 Å². The number of nitrogens with one attached hydrogen (secondary N) is 1. The number of sulfonamides is 1. The van der Waals surface area contributed by atoms with E-state index >= 15 is 0 Å². The monoisotopic (exact) mass is 434 g/mol. The second-order valence-corrected chi connectivity index (χ2v) is 9.00. The van der Waals surface area contributed by atoms with Gasteiger partial charge in [-0.15, -0.1) is 0 Å². The Bertz CT molecular complexity index is 1110. The summed E-state index contributed by atoms with van der Waals surface area (Å²) in [7, 11) is -3.94. The molecular weight excluding hydrogens is 420 g/mol. The molecule has 2 N–H and O–H groups in total. The van der Waals surface area contributed by atoms with Crippen LogP contribution in [0.25, 0.3) is 10.9 Å². The largest absolute Gasteiger partial charge is 0.480 e. The first-order valence-electron chi connectivity index (χ1n) is 7.96. The van der Waals surface area contributed by atoms with Crippen molar-refractivity contribution >= 4 is 42.8 Å². The summed E-state index contributed by atoms with van der Waals surface area (Å²) in [5, 5.41) is 10.6. The Morgan fingerprint density at radius 2 is 1.85 bits per heavy atom. The number of fused-ring (bicyclic) bond motifs is 3. The van der Waals surface area contributed by atoms with Crippen molar-refractivity contribution in [2.24, 2.45) is 0 Å². The highest BCUT2D eigenvalue weighted by Gasteiger charge is 2.40. The summed E-state index contributed by atoms with van der Waals surface area (Å²) < 4.78 is 28.0. The van der Waals surface area contributed by atoms with E-state index in [1.54, 1.807) is 12.1 Å². The van der Waals surface area contributed by atoms with Crippen LogP contribution in [-0.2, 0) is 27.8 Å². The van der Waals surface area contributed by atoms with Gasteiger partial charge in [-0.25, -0.2) is 8.42 Å². The molecule has 6 nitrogen and oxygen atoms in total. The second-order valence-electron chi connectivity index (χ2n) is 6.19. The fraction of sp³-hybridized carbons (Fsp3) is 0.167. The topological polar surface area (TPSA) is 90.5 Å². The highest BCUT2D eigenvalue weighted by molar-refractivity contribution is 9.10. The first-order chi connectivity index (χ1) is 12.4. The van der Waals surface area contributed by atoms with Crippen molar-refractivity contribution in [1.82, 2.24) is 9.29 Å². The van der Waals surface area contributed by atoms with Gasteiger partial charge in [-0.3, -0.25) is 4.79 Å². The van der Waals surface area contributed by atoms with Crippen molar-refractivity contribution in [3.8, 4) is 0 Å². The molecule has 0 saturated carbocycles. The lowest BCUT2D eigenvalue weighted by Crippen LogP contribution is -2.48. The maximum Gasteiger partial charge on any atom is 0.322 e. The number of carbonyl (C=O) groups is 1. The SMILES string of the molecule is O=C(O)C1Cc2c([nH]c3ccccc23)CN1S(=O)(=O)c1ccc(Br)cc1. The van der Waals surface area contributed by atoms with Crippen LogP contribution in [-0.4, -0.2) is 34.8 Å². The summed E-state index contributed by atoms with van der Waals surface area (Å²) in [5.74, 6) is -1.15. The lowest BCUT2D eigenvalue weighted by molar-refractivity contribution is -0.141. The van der Waals surface area contributed by atoms with E-state index in [2.05, 4.69) is 20.9 Å². The van der Waals surface area contributed by atoms with Crippen LogP contribution in [0.5, 0.6) is 0 Å². The molecule has 0 aliphatic carbocycles. The summed E-state index contributed by atoms with van der Waals surface area (Å²) in [6, 6.07) is 12.6. The molecule has 2 aromatic carbocycles. The summed E-state index contributed by atoms with van der Waals surface area (Å²) in [4.78, 5) is 15.1. The normalized spacial score (nSPS) is 18.0. The van der Waals surface area contributed by atoms with Gasteiger partial charge in [0.15, 0.2) is 0 Å². The first-order valence-corrected chi connectivity index (χ1v) is 10.2. The zero-order chi connectivity index (χ0) is 18.5. The number of halogens is 1. The zero-order valence-corrected chi connectivity index (χ0v) is 15.9. The van der Waals surface area contributed by atoms with Gasteiger partial charge in [-0.1, -0.05) is 34.1 Å². The number of aliphatic carboxylic acids is 1. The molecular formula is C18H15BrN2O4S. The standard InChI is InChI=1S/C18H15BrN2O4S/c19-11-5-7-12(8-6-11)26(24,25)21-10-16-14(9-17(21)18(22)23)13-3-1-2-4-15(13)20-16/h1-8,17,20H,9-10H2,(H,22,23). The van der Waals surface area contributed by atoms with Crippen LogP contribution in [0.4, 0.5) is 0 Å². The number of nitrogens with zero attached hydrogens (tertiary/aromatic N) is 1.